The van der Waals surface area contributed by atoms with Crippen molar-refractivity contribution in [3.05, 3.63) is 57.5 Å². The second kappa shape index (κ2) is 5.91. The fraction of sp³-hybridized carbons (Fsp3) is 0.0769. The molecule has 1 aromatic carbocycles. The van der Waals surface area contributed by atoms with E-state index in [9.17, 15) is 4.79 Å². The number of rotatable bonds is 3. The summed E-state index contributed by atoms with van der Waals surface area (Å²) in [6.45, 7) is 1.75. The molecule has 4 nitrogen and oxygen atoms in total. The Bertz CT molecular complexity index is 615. The molecule has 0 radical (unpaired) electrons. The fourth-order valence-electron chi connectivity index (χ4n) is 1.40. The van der Waals surface area contributed by atoms with Crippen LogP contribution in [0.2, 0.25) is 10.0 Å². The summed E-state index contributed by atoms with van der Waals surface area (Å²) in [6.07, 6.45) is 1.39. The summed E-state index contributed by atoms with van der Waals surface area (Å²) in [7, 11) is 0. The van der Waals surface area contributed by atoms with Crippen LogP contribution in [0.25, 0.3) is 0 Å². The van der Waals surface area contributed by atoms with E-state index in [1.54, 1.807) is 37.3 Å². The Morgan fingerprint density at radius 2 is 1.95 bits per heavy atom. The quantitative estimate of drug-likeness (QED) is 0.694. The van der Waals surface area contributed by atoms with Crippen LogP contribution in [-0.2, 0) is 0 Å². The van der Waals surface area contributed by atoms with Crippen LogP contribution < -0.4 is 5.43 Å². The molecule has 0 saturated heterocycles. The number of nitrogens with one attached hydrogen (secondary N) is 1. The second-order valence-electron chi connectivity index (χ2n) is 3.74. The molecular weight excluding hydrogens is 287 g/mol. The predicted molar refractivity (Wildman–Crippen MR) is 75.0 cm³/mol. The first-order valence-corrected chi connectivity index (χ1v) is 6.17. The van der Waals surface area contributed by atoms with Gasteiger partial charge < -0.3 is 4.42 Å². The van der Waals surface area contributed by atoms with Gasteiger partial charge in [0.15, 0.2) is 5.76 Å². The van der Waals surface area contributed by atoms with Crippen LogP contribution in [0.3, 0.4) is 0 Å². The molecule has 1 N–H and O–H groups in total. The van der Waals surface area contributed by atoms with Crippen LogP contribution >= 0.6 is 23.2 Å². The standard InChI is InChI=1S/C13H10Cl2N2O2/c1-8-5-6-12(19-8)13(18)17-16-7-9-10(14)3-2-4-11(9)15/h2-7H,1H3,(H,17,18). The van der Waals surface area contributed by atoms with Gasteiger partial charge in [0.2, 0.25) is 0 Å². The molecule has 1 aromatic heterocycles. The van der Waals surface area contributed by atoms with E-state index < -0.39 is 5.91 Å². The molecule has 2 rings (SSSR count). The van der Waals surface area contributed by atoms with Gasteiger partial charge in [-0.15, -0.1) is 0 Å². The number of benzene rings is 1. The van der Waals surface area contributed by atoms with Crippen LogP contribution in [0.4, 0.5) is 0 Å². The normalized spacial score (nSPS) is 10.9. The van der Waals surface area contributed by atoms with E-state index in [1.807, 2.05) is 0 Å². The molecule has 6 heteroatoms. The molecule has 0 fully saturated rings. The summed E-state index contributed by atoms with van der Waals surface area (Å²) in [4.78, 5) is 11.6. The summed E-state index contributed by atoms with van der Waals surface area (Å²) in [5.74, 6) is 0.413. The highest BCUT2D eigenvalue weighted by Crippen LogP contribution is 2.21. The average molecular weight is 297 g/mol. The highest BCUT2D eigenvalue weighted by Gasteiger charge is 2.08. The number of nitrogens with zero attached hydrogens (tertiary/aromatic N) is 1. The molecule has 0 atom stereocenters. The van der Waals surface area contributed by atoms with Crippen molar-refractivity contribution in [2.24, 2.45) is 5.10 Å². The van der Waals surface area contributed by atoms with Gasteiger partial charge in [-0.2, -0.15) is 5.10 Å². The Labute approximate surface area is 120 Å². The van der Waals surface area contributed by atoms with Gasteiger partial charge in [-0.25, -0.2) is 5.43 Å². The van der Waals surface area contributed by atoms with Crippen molar-refractivity contribution < 1.29 is 9.21 Å². The maximum Gasteiger partial charge on any atom is 0.307 e. The number of hydrogen-bond acceptors (Lipinski definition) is 3. The smallest absolute Gasteiger partial charge is 0.307 e. The van der Waals surface area contributed by atoms with Crippen molar-refractivity contribution in [1.82, 2.24) is 5.43 Å². The van der Waals surface area contributed by atoms with Crippen molar-refractivity contribution in [2.45, 2.75) is 6.92 Å². The Balaban J connectivity index is 2.06. The summed E-state index contributed by atoms with van der Waals surface area (Å²) >= 11 is 11.9. The highest BCUT2D eigenvalue weighted by molar-refractivity contribution is 6.38. The fourth-order valence-corrected chi connectivity index (χ4v) is 1.90. The number of hydrazone groups is 1. The van der Waals surface area contributed by atoms with Gasteiger partial charge in [-0.3, -0.25) is 4.79 Å². The van der Waals surface area contributed by atoms with Crippen LogP contribution in [0.15, 0.2) is 39.9 Å². The van der Waals surface area contributed by atoms with E-state index in [1.165, 1.54) is 6.21 Å². The van der Waals surface area contributed by atoms with Crippen LogP contribution in [0, 0.1) is 6.92 Å². The molecule has 0 saturated carbocycles. The molecule has 0 aliphatic rings. The first-order valence-electron chi connectivity index (χ1n) is 5.42. The van der Waals surface area contributed by atoms with Crippen molar-refractivity contribution in [1.29, 1.82) is 0 Å². The Kier molecular flexibility index (Phi) is 4.24. The van der Waals surface area contributed by atoms with E-state index in [0.717, 1.165) is 0 Å². The topological polar surface area (TPSA) is 54.6 Å². The van der Waals surface area contributed by atoms with Gasteiger partial charge in [0.25, 0.3) is 0 Å². The summed E-state index contributed by atoms with van der Waals surface area (Å²) < 4.78 is 5.16. The van der Waals surface area contributed by atoms with Crippen molar-refractivity contribution in [2.75, 3.05) is 0 Å². The van der Waals surface area contributed by atoms with Gasteiger partial charge in [0, 0.05) is 5.56 Å². The minimum absolute atomic E-state index is 0.194. The van der Waals surface area contributed by atoms with E-state index in [4.69, 9.17) is 27.6 Å². The number of amides is 1. The van der Waals surface area contributed by atoms with Gasteiger partial charge >= 0.3 is 5.91 Å². The van der Waals surface area contributed by atoms with Crippen molar-refractivity contribution in [3.8, 4) is 0 Å². The molecule has 0 bridgehead atoms. The lowest BCUT2D eigenvalue weighted by Gasteiger charge is -2.00. The zero-order valence-corrected chi connectivity index (χ0v) is 11.5. The monoisotopic (exact) mass is 296 g/mol. The van der Waals surface area contributed by atoms with E-state index in [-0.39, 0.29) is 5.76 Å². The Morgan fingerprint density at radius 3 is 2.53 bits per heavy atom. The number of carbonyl (C=O) groups excluding carboxylic acids is 1. The maximum atomic E-state index is 11.6. The van der Waals surface area contributed by atoms with Gasteiger partial charge in [-0.05, 0) is 31.2 Å². The van der Waals surface area contributed by atoms with E-state index >= 15 is 0 Å². The molecule has 19 heavy (non-hydrogen) atoms. The highest BCUT2D eigenvalue weighted by atomic mass is 35.5. The molecule has 0 aliphatic carbocycles. The third-order valence-corrected chi connectivity index (χ3v) is 2.98. The third-order valence-electron chi connectivity index (χ3n) is 2.32. The van der Waals surface area contributed by atoms with Gasteiger partial charge in [-0.1, -0.05) is 29.3 Å². The lowest BCUT2D eigenvalue weighted by molar-refractivity contribution is 0.0926. The minimum Gasteiger partial charge on any atom is -0.456 e. The molecule has 0 unspecified atom stereocenters. The van der Waals surface area contributed by atoms with Gasteiger partial charge in [0.1, 0.15) is 5.76 Å². The van der Waals surface area contributed by atoms with Crippen LogP contribution in [0.1, 0.15) is 21.9 Å². The minimum atomic E-state index is -0.437. The average Bonchev–Trinajstić information content (AvgIpc) is 2.79. The molecule has 2 aromatic rings. The summed E-state index contributed by atoms with van der Waals surface area (Å²) in [5, 5.41) is 4.71. The Morgan fingerprint density at radius 1 is 1.26 bits per heavy atom. The molecular formula is C13H10Cl2N2O2. The van der Waals surface area contributed by atoms with Crippen molar-refractivity contribution >= 4 is 35.3 Å². The summed E-state index contributed by atoms with van der Waals surface area (Å²) in [5.41, 5.74) is 2.88. The first-order chi connectivity index (χ1) is 9.08. The number of aryl methyl sites for hydroxylation is 1. The summed E-state index contributed by atoms with van der Waals surface area (Å²) in [6, 6.07) is 8.37. The Hall–Kier alpha value is -1.78. The number of furan rings is 1. The molecule has 98 valence electrons. The number of carbonyl (C=O) groups is 1. The third kappa shape index (κ3) is 3.36. The van der Waals surface area contributed by atoms with Gasteiger partial charge in [0.05, 0.1) is 16.3 Å². The zero-order valence-electron chi connectivity index (χ0n) is 9.98. The molecule has 0 spiro atoms. The SMILES string of the molecule is Cc1ccc(C(=O)NN=Cc2c(Cl)cccc2Cl)o1. The number of halogens is 2. The largest absolute Gasteiger partial charge is 0.456 e. The second-order valence-corrected chi connectivity index (χ2v) is 4.56. The van der Waals surface area contributed by atoms with E-state index in [2.05, 4.69) is 10.5 Å². The van der Waals surface area contributed by atoms with Crippen molar-refractivity contribution in [3.63, 3.8) is 0 Å². The lowest BCUT2D eigenvalue weighted by Crippen LogP contribution is -2.16. The van der Waals surface area contributed by atoms with Crippen LogP contribution in [0.5, 0.6) is 0 Å². The molecule has 1 amide bonds. The molecule has 0 aliphatic heterocycles. The van der Waals surface area contributed by atoms with E-state index in [0.29, 0.717) is 21.4 Å². The first kappa shape index (κ1) is 13.6. The lowest BCUT2D eigenvalue weighted by atomic mass is 10.2. The predicted octanol–water partition coefficient (Wildman–Crippen LogP) is 3.66. The maximum absolute atomic E-state index is 11.6. The number of hydrogen-bond donors (Lipinski definition) is 1. The molecule has 1 heterocycles. The zero-order chi connectivity index (χ0) is 13.8. The van der Waals surface area contributed by atoms with Crippen LogP contribution in [-0.4, -0.2) is 12.1 Å².